The van der Waals surface area contributed by atoms with Crippen molar-refractivity contribution in [3.05, 3.63) is 23.0 Å². The molecule has 1 amide bonds. The van der Waals surface area contributed by atoms with E-state index in [1.54, 1.807) is 6.07 Å². The quantitative estimate of drug-likeness (QED) is 0.925. The van der Waals surface area contributed by atoms with Crippen molar-refractivity contribution in [1.29, 1.82) is 0 Å². The van der Waals surface area contributed by atoms with E-state index in [2.05, 4.69) is 26.1 Å². The molecule has 0 bridgehead atoms. The van der Waals surface area contributed by atoms with Crippen molar-refractivity contribution < 1.29 is 4.79 Å². The number of piperazine rings is 1. The molecule has 0 spiro atoms. The Balaban J connectivity index is 2.22. The highest BCUT2D eigenvalue weighted by Crippen LogP contribution is 2.19. The molecule has 4 nitrogen and oxygen atoms in total. The molecule has 19 heavy (non-hydrogen) atoms. The van der Waals surface area contributed by atoms with Crippen LogP contribution in [0.3, 0.4) is 0 Å². The minimum absolute atomic E-state index is 0.0844. The third kappa shape index (κ3) is 3.12. The van der Waals surface area contributed by atoms with Crippen molar-refractivity contribution in [3.8, 4) is 0 Å². The zero-order chi connectivity index (χ0) is 14.0. The minimum Gasteiger partial charge on any atom is -0.342 e. The molecule has 1 fully saturated rings. The molecule has 1 aromatic rings. The number of rotatable bonds is 3. The lowest BCUT2D eigenvalue weighted by Gasteiger charge is -2.37. The van der Waals surface area contributed by atoms with E-state index in [4.69, 9.17) is 11.6 Å². The first-order valence-corrected chi connectivity index (χ1v) is 7.30. The van der Waals surface area contributed by atoms with Gasteiger partial charge in [-0.15, -0.1) is 0 Å². The summed E-state index contributed by atoms with van der Waals surface area (Å²) in [6.07, 6.45) is 2.83. The van der Waals surface area contributed by atoms with Crippen LogP contribution in [0.2, 0.25) is 5.02 Å². The number of aromatic nitrogens is 1. The molecule has 2 rings (SSSR count). The van der Waals surface area contributed by atoms with E-state index in [9.17, 15) is 4.79 Å². The molecule has 1 aliphatic rings. The van der Waals surface area contributed by atoms with Crippen LogP contribution in [0.5, 0.6) is 0 Å². The van der Waals surface area contributed by atoms with Crippen molar-refractivity contribution in [3.63, 3.8) is 0 Å². The highest BCUT2D eigenvalue weighted by molar-refractivity contribution is 6.31. The van der Waals surface area contributed by atoms with Gasteiger partial charge < -0.3 is 14.8 Å². The second-order valence-corrected chi connectivity index (χ2v) is 5.79. The summed E-state index contributed by atoms with van der Waals surface area (Å²) in [6, 6.07) is 2.33. The van der Waals surface area contributed by atoms with Crippen molar-refractivity contribution in [2.75, 3.05) is 13.1 Å². The minimum atomic E-state index is 0.0844. The summed E-state index contributed by atoms with van der Waals surface area (Å²) < 4.78 is 1.96. The number of carbonyl (C=O) groups excluding carboxylic acids is 1. The van der Waals surface area contributed by atoms with Gasteiger partial charge in [0.15, 0.2) is 0 Å². The lowest BCUT2D eigenvalue weighted by Crippen LogP contribution is -2.56. The van der Waals surface area contributed by atoms with Gasteiger partial charge in [0, 0.05) is 37.9 Å². The van der Waals surface area contributed by atoms with Crippen LogP contribution in [-0.4, -0.2) is 40.5 Å². The first-order valence-electron chi connectivity index (χ1n) is 6.93. The van der Waals surface area contributed by atoms with E-state index < -0.39 is 0 Å². The molecule has 2 heterocycles. The number of amides is 1. The molecule has 1 aromatic heterocycles. The van der Waals surface area contributed by atoms with E-state index in [1.165, 1.54) is 0 Å². The number of halogens is 1. The van der Waals surface area contributed by atoms with E-state index in [-0.39, 0.29) is 11.9 Å². The molecule has 1 saturated heterocycles. The maximum Gasteiger partial charge on any atom is 0.270 e. The zero-order valence-corrected chi connectivity index (χ0v) is 12.6. The summed E-state index contributed by atoms with van der Waals surface area (Å²) in [4.78, 5) is 14.6. The van der Waals surface area contributed by atoms with E-state index >= 15 is 0 Å². The molecule has 0 aliphatic carbocycles. The van der Waals surface area contributed by atoms with Crippen LogP contribution in [0.15, 0.2) is 12.3 Å². The van der Waals surface area contributed by atoms with Crippen molar-refractivity contribution >= 4 is 17.5 Å². The standard InChI is InChI=1S/C14H22ClN3O/c1-4-5-17-9-12(15)6-13(17)14(19)18-8-10(2)16-7-11(18)3/h6,9-11,16H,4-5,7-8H2,1-3H3. The fraction of sp³-hybridized carbons (Fsp3) is 0.643. The largest absolute Gasteiger partial charge is 0.342 e. The third-order valence-electron chi connectivity index (χ3n) is 3.57. The van der Waals surface area contributed by atoms with Crippen molar-refractivity contribution in [2.24, 2.45) is 0 Å². The number of nitrogens with one attached hydrogen (secondary N) is 1. The number of aryl methyl sites for hydroxylation is 1. The third-order valence-corrected chi connectivity index (χ3v) is 3.78. The maximum atomic E-state index is 12.7. The molecule has 0 aromatic carbocycles. The lowest BCUT2D eigenvalue weighted by atomic mass is 10.1. The Hall–Kier alpha value is -1.00. The predicted molar refractivity (Wildman–Crippen MR) is 77.7 cm³/mol. The van der Waals surface area contributed by atoms with Gasteiger partial charge in [-0.1, -0.05) is 18.5 Å². The molecule has 2 atom stereocenters. The Bertz CT molecular complexity index is 458. The highest BCUT2D eigenvalue weighted by Gasteiger charge is 2.29. The Morgan fingerprint density at radius 1 is 1.53 bits per heavy atom. The summed E-state index contributed by atoms with van der Waals surface area (Å²) in [5.74, 6) is 0.0844. The van der Waals surface area contributed by atoms with Gasteiger partial charge in [0.05, 0.1) is 5.02 Å². The lowest BCUT2D eigenvalue weighted by molar-refractivity contribution is 0.0605. The maximum absolute atomic E-state index is 12.7. The monoisotopic (exact) mass is 283 g/mol. The fourth-order valence-electron chi connectivity index (χ4n) is 2.53. The molecular formula is C14H22ClN3O. The van der Waals surface area contributed by atoms with Gasteiger partial charge in [-0.2, -0.15) is 0 Å². The molecule has 0 radical (unpaired) electrons. The smallest absolute Gasteiger partial charge is 0.270 e. The van der Waals surface area contributed by atoms with Crippen LogP contribution in [0, 0.1) is 0 Å². The van der Waals surface area contributed by atoms with Crippen LogP contribution in [0.25, 0.3) is 0 Å². The van der Waals surface area contributed by atoms with Gasteiger partial charge >= 0.3 is 0 Å². The topological polar surface area (TPSA) is 37.3 Å². The fourth-order valence-corrected chi connectivity index (χ4v) is 2.75. The Morgan fingerprint density at radius 3 is 2.95 bits per heavy atom. The predicted octanol–water partition coefficient (Wildman–Crippen LogP) is 2.37. The van der Waals surface area contributed by atoms with Crippen LogP contribution < -0.4 is 5.32 Å². The van der Waals surface area contributed by atoms with Gasteiger partial charge in [0.25, 0.3) is 5.91 Å². The van der Waals surface area contributed by atoms with Crippen LogP contribution in [0.1, 0.15) is 37.7 Å². The van der Waals surface area contributed by atoms with Crippen LogP contribution >= 0.6 is 11.6 Å². The number of hydrogen-bond donors (Lipinski definition) is 1. The van der Waals surface area contributed by atoms with Gasteiger partial charge in [0.1, 0.15) is 5.69 Å². The Kier molecular flexibility index (Phi) is 4.53. The summed E-state index contributed by atoms with van der Waals surface area (Å²) in [6.45, 7) is 8.68. The molecule has 5 heteroatoms. The summed E-state index contributed by atoms with van der Waals surface area (Å²) in [7, 11) is 0. The van der Waals surface area contributed by atoms with Gasteiger partial charge in [0.2, 0.25) is 0 Å². The van der Waals surface area contributed by atoms with E-state index in [0.717, 1.165) is 26.1 Å². The van der Waals surface area contributed by atoms with Crippen molar-refractivity contribution in [1.82, 2.24) is 14.8 Å². The van der Waals surface area contributed by atoms with Crippen LogP contribution in [0.4, 0.5) is 0 Å². The molecule has 0 saturated carbocycles. The first-order chi connectivity index (χ1) is 9.02. The Morgan fingerprint density at radius 2 is 2.26 bits per heavy atom. The molecule has 1 aliphatic heterocycles. The van der Waals surface area contributed by atoms with Crippen molar-refractivity contribution in [2.45, 2.75) is 45.8 Å². The summed E-state index contributed by atoms with van der Waals surface area (Å²) in [5.41, 5.74) is 0.702. The average molecular weight is 284 g/mol. The highest BCUT2D eigenvalue weighted by atomic mass is 35.5. The normalized spacial score (nSPS) is 23.7. The molecular weight excluding hydrogens is 262 g/mol. The van der Waals surface area contributed by atoms with Crippen LogP contribution in [-0.2, 0) is 6.54 Å². The molecule has 2 unspecified atom stereocenters. The summed E-state index contributed by atoms with van der Waals surface area (Å²) in [5, 5.41) is 4.02. The molecule has 106 valence electrons. The second-order valence-electron chi connectivity index (χ2n) is 5.35. The van der Waals surface area contributed by atoms with E-state index in [1.807, 2.05) is 15.7 Å². The number of nitrogens with zero attached hydrogens (tertiary/aromatic N) is 2. The van der Waals surface area contributed by atoms with Gasteiger partial charge in [-0.3, -0.25) is 4.79 Å². The summed E-state index contributed by atoms with van der Waals surface area (Å²) >= 11 is 6.05. The molecule has 1 N–H and O–H groups in total. The second kappa shape index (κ2) is 5.97. The van der Waals surface area contributed by atoms with E-state index in [0.29, 0.717) is 16.8 Å². The zero-order valence-electron chi connectivity index (χ0n) is 11.8. The van der Waals surface area contributed by atoms with Gasteiger partial charge in [-0.05, 0) is 26.3 Å². The SMILES string of the molecule is CCCn1cc(Cl)cc1C(=O)N1CC(C)NCC1C. The number of carbonyl (C=O) groups is 1. The van der Waals surface area contributed by atoms with Gasteiger partial charge in [-0.25, -0.2) is 0 Å². The Labute approximate surface area is 119 Å². The average Bonchev–Trinajstić information content (AvgIpc) is 2.73. The first kappa shape index (κ1) is 14.4. The number of hydrogen-bond acceptors (Lipinski definition) is 2.